The molecule has 1 aromatic heterocycles. The number of nitrogens with two attached hydrogens (primary N) is 1. The monoisotopic (exact) mass is 246 g/mol. The van der Waals surface area contributed by atoms with Crippen LogP contribution in [0.2, 0.25) is 5.02 Å². The number of aliphatic hydroxyl groups excluding tert-OH is 2. The van der Waals surface area contributed by atoms with E-state index in [-0.39, 0.29) is 16.4 Å². The van der Waals surface area contributed by atoms with Crippen molar-refractivity contribution in [3.05, 3.63) is 22.8 Å². The number of nitrogen functional groups attached to an aromatic ring is 1. The maximum absolute atomic E-state index is 10.3. The molecule has 1 aromatic rings. The third kappa shape index (κ3) is 3.06. The van der Waals surface area contributed by atoms with Crippen molar-refractivity contribution in [3.63, 3.8) is 0 Å². The van der Waals surface area contributed by atoms with Crippen LogP contribution in [0.1, 0.15) is 18.1 Å². The number of anilines is 1. The number of halogens is 1. The molecule has 0 aliphatic rings. The number of carboxylic acid groups (broad SMARTS) is 1. The summed E-state index contributed by atoms with van der Waals surface area (Å²) in [7, 11) is 0. The number of nitrogens with zero attached hydrogens (tertiary/aromatic N) is 1. The van der Waals surface area contributed by atoms with Crippen molar-refractivity contribution in [2.75, 3.05) is 5.73 Å². The fraction of sp³-hybridized carbons (Fsp3) is 0.333. The summed E-state index contributed by atoms with van der Waals surface area (Å²) >= 11 is 5.77. The van der Waals surface area contributed by atoms with Crippen LogP contribution in [-0.2, 0) is 4.79 Å². The van der Waals surface area contributed by atoms with Crippen LogP contribution in [0.4, 0.5) is 5.82 Å². The third-order valence-electron chi connectivity index (χ3n) is 1.97. The lowest BCUT2D eigenvalue weighted by Crippen LogP contribution is -2.22. The number of aliphatic carboxylic acids is 1. The molecule has 16 heavy (non-hydrogen) atoms. The first-order valence-corrected chi connectivity index (χ1v) is 4.78. The fourth-order valence-corrected chi connectivity index (χ4v) is 1.44. The van der Waals surface area contributed by atoms with Gasteiger partial charge in [0, 0.05) is 11.8 Å². The molecule has 0 spiro atoms. The molecule has 1 heterocycles. The maximum atomic E-state index is 10.3. The molecule has 0 radical (unpaired) electrons. The highest BCUT2D eigenvalue weighted by Gasteiger charge is 2.23. The number of rotatable bonds is 4. The molecule has 0 fully saturated rings. The van der Waals surface area contributed by atoms with Gasteiger partial charge in [-0.2, -0.15) is 0 Å². The number of aromatic nitrogens is 1. The number of hydrogen-bond acceptors (Lipinski definition) is 5. The zero-order valence-electron chi connectivity index (χ0n) is 8.17. The van der Waals surface area contributed by atoms with Gasteiger partial charge >= 0.3 is 5.97 Å². The van der Waals surface area contributed by atoms with E-state index in [1.54, 1.807) is 0 Å². The highest BCUT2D eigenvalue weighted by molar-refractivity contribution is 6.31. The molecule has 6 nitrogen and oxygen atoms in total. The Morgan fingerprint density at radius 2 is 2.19 bits per heavy atom. The van der Waals surface area contributed by atoms with Crippen LogP contribution < -0.4 is 5.73 Å². The lowest BCUT2D eigenvalue weighted by atomic mass is 10.0. The Morgan fingerprint density at radius 3 is 2.69 bits per heavy atom. The lowest BCUT2D eigenvalue weighted by molar-refractivity contribution is -0.141. The summed E-state index contributed by atoms with van der Waals surface area (Å²) in [5, 5.41) is 27.6. The molecule has 2 unspecified atom stereocenters. The van der Waals surface area contributed by atoms with Gasteiger partial charge in [-0.25, -0.2) is 4.98 Å². The maximum Gasteiger partial charge on any atom is 0.306 e. The minimum absolute atomic E-state index is 0.129. The van der Waals surface area contributed by atoms with E-state index in [9.17, 15) is 15.0 Å². The van der Waals surface area contributed by atoms with E-state index >= 15 is 0 Å². The van der Waals surface area contributed by atoms with E-state index in [2.05, 4.69) is 4.98 Å². The molecule has 0 aromatic carbocycles. The average Bonchev–Trinajstić information content (AvgIpc) is 2.15. The Morgan fingerprint density at radius 1 is 1.56 bits per heavy atom. The lowest BCUT2D eigenvalue weighted by Gasteiger charge is -2.17. The molecule has 88 valence electrons. The molecule has 5 N–H and O–H groups in total. The molecule has 1 rings (SSSR count). The van der Waals surface area contributed by atoms with Gasteiger partial charge in [0.25, 0.3) is 0 Å². The Hall–Kier alpha value is -1.37. The molecule has 7 heteroatoms. The van der Waals surface area contributed by atoms with Crippen LogP contribution in [0.25, 0.3) is 0 Å². The van der Waals surface area contributed by atoms with Crippen molar-refractivity contribution in [1.29, 1.82) is 0 Å². The van der Waals surface area contributed by atoms with E-state index in [1.807, 2.05) is 0 Å². The van der Waals surface area contributed by atoms with E-state index in [4.69, 9.17) is 22.4 Å². The molecule has 0 saturated carbocycles. The second-order valence-corrected chi connectivity index (χ2v) is 3.65. The standard InChI is InChI=1S/C9H11ClN2O4/c10-5-1-7(11)12-3-4(5)9(16)6(13)2-8(14)15/h1,3,6,9,13,16H,2H2,(H2,11,12)(H,14,15). The van der Waals surface area contributed by atoms with E-state index in [0.717, 1.165) is 0 Å². The van der Waals surface area contributed by atoms with Gasteiger partial charge in [-0.1, -0.05) is 11.6 Å². The van der Waals surface area contributed by atoms with Crippen LogP contribution in [0, 0.1) is 0 Å². The van der Waals surface area contributed by atoms with Crippen LogP contribution in [0.15, 0.2) is 12.3 Å². The molecular weight excluding hydrogens is 236 g/mol. The highest BCUT2D eigenvalue weighted by atomic mass is 35.5. The zero-order chi connectivity index (χ0) is 12.3. The van der Waals surface area contributed by atoms with E-state index in [1.165, 1.54) is 12.3 Å². The highest BCUT2D eigenvalue weighted by Crippen LogP contribution is 2.26. The number of aliphatic hydroxyl groups is 2. The quantitative estimate of drug-likeness (QED) is 0.602. The van der Waals surface area contributed by atoms with Crippen LogP contribution in [0.3, 0.4) is 0 Å². The van der Waals surface area contributed by atoms with Crippen molar-refractivity contribution in [2.45, 2.75) is 18.6 Å². The van der Waals surface area contributed by atoms with Crippen LogP contribution in [0.5, 0.6) is 0 Å². The SMILES string of the molecule is Nc1cc(Cl)c(C(O)C(O)CC(=O)O)cn1. The predicted molar refractivity (Wildman–Crippen MR) is 56.9 cm³/mol. The Bertz CT molecular complexity index is 399. The van der Waals surface area contributed by atoms with Gasteiger partial charge < -0.3 is 21.1 Å². The Balaban J connectivity index is 2.87. The Kier molecular flexibility index (Phi) is 4.05. The predicted octanol–water partition coefficient (Wildman–Crippen LogP) is 0.186. The zero-order valence-corrected chi connectivity index (χ0v) is 8.92. The first-order chi connectivity index (χ1) is 7.41. The van der Waals surface area contributed by atoms with Gasteiger partial charge in [-0.05, 0) is 6.07 Å². The summed E-state index contributed by atoms with van der Waals surface area (Å²) in [4.78, 5) is 14.0. The van der Waals surface area contributed by atoms with Crippen LogP contribution >= 0.6 is 11.6 Å². The largest absolute Gasteiger partial charge is 0.481 e. The van der Waals surface area contributed by atoms with Crippen molar-refractivity contribution in [2.24, 2.45) is 0 Å². The molecule has 0 amide bonds. The molecule has 0 aliphatic heterocycles. The van der Waals surface area contributed by atoms with Crippen LogP contribution in [-0.4, -0.2) is 32.4 Å². The normalized spacial score (nSPS) is 14.4. The third-order valence-corrected chi connectivity index (χ3v) is 2.30. The Labute approximate surface area is 96.3 Å². The molecule has 2 atom stereocenters. The van der Waals surface area contributed by atoms with Crippen molar-refractivity contribution < 1.29 is 20.1 Å². The summed E-state index contributed by atoms with van der Waals surface area (Å²) in [5.41, 5.74) is 5.49. The van der Waals surface area contributed by atoms with Crippen molar-refractivity contribution >= 4 is 23.4 Å². The minimum atomic E-state index is -1.44. The minimum Gasteiger partial charge on any atom is -0.481 e. The number of carbonyl (C=O) groups is 1. The summed E-state index contributed by atoms with van der Waals surface area (Å²) in [6, 6.07) is 1.31. The molecule has 0 bridgehead atoms. The summed E-state index contributed by atoms with van der Waals surface area (Å²) in [6.45, 7) is 0. The van der Waals surface area contributed by atoms with Gasteiger partial charge in [-0.3, -0.25) is 4.79 Å². The second kappa shape index (κ2) is 5.11. The molecular formula is C9H11ClN2O4. The van der Waals surface area contributed by atoms with Gasteiger partial charge in [0.2, 0.25) is 0 Å². The second-order valence-electron chi connectivity index (χ2n) is 3.24. The van der Waals surface area contributed by atoms with Gasteiger partial charge in [0.1, 0.15) is 11.9 Å². The van der Waals surface area contributed by atoms with E-state index in [0.29, 0.717) is 0 Å². The first-order valence-electron chi connectivity index (χ1n) is 4.40. The fourth-order valence-electron chi connectivity index (χ4n) is 1.17. The topological polar surface area (TPSA) is 117 Å². The van der Waals surface area contributed by atoms with Crippen molar-refractivity contribution in [1.82, 2.24) is 4.98 Å². The first kappa shape index (κ1) is 12.7. The smallest absolute Gasteiger partial charge is 0.306 e. The number of carboxylic acids is 1. The molecule has 0 saturated heterocycles. The van der Waals surface area contributed by atoms with Crippen molar-refractivity contribution in [3.8, 4) is 0 Å². The average molecular weight is 247 g/mol. The molecule has 0 aliphatic carbocycles. The number of pyridine rings is 1. The summed E-state index contributed by atoms with van der Waals surface area (Å²) in [5.74, 6) is -1.04. The summed E-state index contributed by atoms with van der Waals surface area (Å²) in [6.07, 6.45) is -2.23. The summed E-state index contributed by atoms with van der Waals surface area (Å²) < 4.78 is 0. The van der Waals surface area contributed by atoms with Gasteiger partial charge in [0.15, 0.2) is 0 Å². The van der Waals surface area contributed by atoms with Gasteiger partial charge in [0.05, 0.1) is 17.5 Å². The number of hydrogen-bond donors (Lipinski definition) is 4. The van der Waals surface area contributed by atoms with E-state index < -0.39 is 24.6 Å². The van der Waals surface area contributed by atoms with Gasteiger partial charge in [-0.15, -0.1) is 0 Å².